The van der Waals surface area contributed by atoms with Crippen molar-refractivity contribution in [2.24, 2.45) is 0 Å². The van der Waals surface area contributed by atoms with E-state index in [0.717, 1.165) is 11.1 Å². The molecule has 2 N–H and O–H groups in total. The Morgan fingerprint density at radius 1 is 1.25 bits per heavy atom. The van der Waals surface area contributed by atoms with E-state index in [9.17, 15) is 14.4 Å². The molecule has 28 heavy (non-hydrogen) atoms. The van der Waals surface area contributed by atoms with Crippen LogP contribution in [0.25, 0.3) is 5.52 Å². The molecule has 3 aromatic rings. The number of carbonyl (C=O) groups is 3. The zero-order valence-electron chi connectivity index (χ0n) is 14.9. The molecule has 144 valence electrons. The van der Waals surface area contributed by atoms with Gasteiger partial charge in [-0.25, -0.2) is 9.50 Å². The second kappa shape index (κ2) is 8.43. The summed E-state index contributed by atoms with van der Waals surface area (Å²) < 4.78 is 4.95. The van der Waals surface area contributed by atoms with Crippen molar-refractivity contribution in [3.05, 3.63) is 53.0 Å². The number of rotatable bonds is 5. The number of anilines is 2. The van der Waals surface area contributed by atoms with Crippen molar-refractivity contribution < 1.29 is 14.4 Å². The van der Waals surface area contributed by atoms with Crippen LogP contribution in [0.4, 0.5) is 16.3 Å². The van der Waals surface area contributed by atoms with Crippen LogP contribution in [0.3, 0.4) is 0 Å². The number of imide groups is 1. The zero-order chi connectivity index (χ0) is 20.4. The topological polar surface area (TPSA) is 105 Å². The number of halogens is 2. The van der Waals surface area contributed by atoms with Gasteiger partial charge < -0.3 is 5.32 Å². The van der Waals surface area contributed by atoms with Crippen LogP contribution in [0.5, 0.6) is 0 Å². The quantitative estimate of drug-likeness (QED) is 0.261. The summed E-state index contributed by atoms with van der Waals surface area (Å²) in [6.07, 6.45) is 3.08. The molecule has 2 amide bonds. The minimum atomic E-state index is -0.816. The highest BCUT2D eigenvalue weighted by molar-refractivity contribution is 14.2. The lowest BCUT2D eigenvalue weighted by Gasteiger charge is -2.12. The van der Waals surface area contributed by atoms with Gasteiger partial charge in [-0.05, 0) is 57.8 Å². The molecule has 0 aliphatic carbocycles. The molecule has 0 unspecified atom stereocenters. The first-order valence-electron chi connectivity index (χ1n) is 7.96. The number of benzene rings is 1. The summed E-state index contributed by atoms with van der Waals surface area (Å²) >= 11 is 0.690. The summed E-state index contributed by atoms with van der Waals surface area (Å²) in [4.78, 5) is 39.7. The molecule has 0 fully saturated rings. The molecule has 10 heteroatoms. The Labute approximate surface area is 184 Å². The van der Waals surface area contributed by atoms with Crippen molar-refractivity contribution in [2.45, 2.75) is 13.8 Å². The Morgan fingerprint density at radius 3 is 2.68 bits per heavy atom. The smallest absolute Gasteiger partial charge is 0.287 e. The summed E-state index contributed by atoms with van der Waals surface area (Å²) in [6, 6.07) is 5.07. The fourth-order valence-corrected chi connectivity index (χ4v) is 3.91. The van der Waals surface area contributed by atoms with E-state index in [0.29, 0.717) is 28.1 Å². The maximum absolute atomic E-state index is 12.2. The molecule has 3 rings (SSSR count). The van der Waals surface area contributed by atoms with E-state index in [1.807, 2.05) is 13.8 Å². The summed E-state index contributed by atoms with van der Waals surface area (Å²) in [5, 5.41) is 9.65. The third-order valence-corrected chi connectivity index (χ3v) is 5.67. The lowest BCUT2D eigenvalue weighted by Crippen LogP contribution is -2.25. The van der Waals surface area contributed by atoms with Crippen LogP contribution in [0.1, 0.15) is 31.8 Å². The van der Waals surface area contributed by atoms with E-state index in [-0.39, 0.29) is 3.79 Å². The number of fused-ring (bicyclic) bond motifs is 1. The van der Waals surface area contributed by atoms with E-state index in [4.69, 9.17) is 0 Å². The average molecular weight is 603 g/mol. The van der Waals surface area contributed by atoms with Crippen LogP contribution < -0.4 is 10.6 Å². The largest absolute Gasteiger partial charge is 0.338 e. The number of aromatic nitrogens is 3. The summed E-state index contributed by atoms with van der Waals surface area (Å²) in [6.45, 7) is 3.73. The van der Waals surface area contributed by atoms with Gasteiger partial charge in [0.05, 0.1) is 5.56 Å². The summed E-state index contributed by atoms with van der Waals surface area (Å²) in [5.41, 5.74) is 3.94. The van der Waals surface area contributed by atoms with E-state index in [1.165, 1.54) is 28.9 Å². The van der Waals surface area contributed by atoms with Crippen LogP contribution in [-0.2, 0) is 0 Å². The third-order valence-electron chi connectivity index (χ3n) is 4.12. The van der Waals surface area contributed by atoms with Gasteiger partial charge in [0.25, 0.3) is 9.82 Å². The Bertz CT molecular complexity index is 1140. The zero-order valence-corrected chi connectivity index (χ0v) is 19.2. The molecule has 0 aliphatic heterocycles. The molecular formula is C18H15I2N5O3. The maximum atomic E-state index is 12.2. The number of aryl methyl sites for hydroxylation is 2. The second-order valence-electron chi connectivity index (χ2n) is 5.86. The number of amides is 2. The summed E-state index contributed by atoms with van der Waals surface area (Å²) in [7, 11) is 0. The molecule has 0 spiro atoms. The normalized spacial score (nSPS) is 10.7. The van der Waals surface area contributed by atoms with Crippen molar-refractivity contribution in [3.8, 4) is 0 Å². The van der Waals surface area contributed by atoms with E-state index in [1.54, 1.807) is 28.9 Å². The lowest BCUT2D eigenvalue weighted by molar-refractivity contribution is 0.0969. The summed E-state index contributed by atoms with van der Waals surface area (Å²) in [5.74, 6) is 0.0286. The third kappa shape index (κ3) is 4.11. The van der Waals surface area contributed by atoms with Gasteiger partial charge in [-0.1, -0.05) is 10.6 Å². The second-order valence-corrected chi connectivity index (χ2v) is 8.58. The molecule has 0 aliphatic rings. The van der Waals surface area contributed by atoms with Crippen molar-refractivity contribution in [2.75, 3.05) is 5.32 Å². The molecule has 0 bridgehead atoms. The average Bonchev–Trinajstić information content (AvgIpc) is 3.00. The number of hydrogen-bond acceptors (Lipinski definition) is 6. The van der Waals surface area contributed by atoms with Crippen LogP contribution in [0, 0.1) is 13.8 Å². The van der Waals surface area contributed by atoms with E-state index in [2.05, 4.69) is 25.2 Å². The van der Waals surface area contributed by atoms with Gasteiger partial charge in [0, 0.05) is 40.0 Å². The van der Waals surface area contributed by atoms with Crippen LogP contribution in [-0.4, -0.2) is 32.7 Å². The monoisotopic (exact) mass is 603 g/mol. The standard InChI is InChI=1S/C18H15I2N5O3/c1-9-4-5-11(17(27)24-18(19)28)6-13(9)23-16-14-10(2)12(15(26)20-3)7-25(14)22-8-21-16/h4-8H,3H2,1-2H3,(H,21,22,23)(H,24,27,28). The van der Waals surface area contributed by atoms with Crippen molar-refractivity contribution >= 4 is 78.5 Å². The molecule has 1 aromatic carbocycles. The highest BCUT2D eigenvalue weighted by Crippen LogP contribution is 2.28. The Balaban J connectivity index is 2.04. The molecule has 0 radical (unpaired) electrons. The number of nitrogens with zero attached hydrogens (tertiary/aromatic N) is 3. The van der Waals surface area contributed by atoms with Crippen LogP contribution in [0.15, 0.2) is 30.7 Å². The minimum absolute atomic E-state index is 0.0334. The Kier molecular flexibility index (Phi) is 6.17. The molecule has 0 atom stereocenters. The van der Waals surface area contributed by atoms with Crippen LogP contribution >= 0.6 is 43.3 Å². The van der Waals surface area contributed by atoms with E-state index >= 15 is 0 Å². The predicted molar refractivity (Wildman–Crippen MR) is 125 cm³/mol. The predicted octanol–water partition coefficient (Wildman–Crippen LogP) is 3.92. The lowest BCUT2D eigenvalue weighted by atomic mass is 10.1. The first kappa shape index (κ1) is 20.5. The van der Waals surface area contributed by atoms with Crippen molar-refractivity contribution in [1.82, 2.24) is 19.9 Å². The van der Waals surface area contributed by atoms with Crippen LogP contribution in [0.2, 0.25) is 0 Å². The van der Waals surface area contributed by atoms with Crippen molar-refractivity contribution in [3.63, 3.8) is 0 Å². The number of nitrogens with one attached hydrogen (secondary N) is 2. The first-order chi connectivity index (χ1) is 13.3. The fourth-order valence-electron chi connectivity index (χ4n) is 2.71. The molecule has 2 heterocycles. The van der Waals surface area contributed by atoms with Crippen molar-refractivity contribution in [1.29, 1.82) is 0 Å². The maximum Gasteiger partial charge on any atom is 0.287 e. The minimum Gasteiger partial charge on any atom is -0.338 e. The molecular weight excluding hydrogens is 588 g/mol. The molecule has 8 nitrogen and oxygen atoms in total. The van der Waals surface area contributed by atoms with E-state index < -0.39 is 30.6 Å². The Morgan fingerprint density at radius 2 is 2.00 bits per heavy atom. The highest BCUT2D eigenvalue weighted by Gasteiger charge is 2.17. The first-order valence-corrected chi connectivity index (χ1v) is 11.6. The molecule has 2 aromatic heterocycles. The number of carbonyl (C=O) groups excluding carboxylic acids is 3. The SMILES string of the molecule is C=IC(=O)c1cn2ncnc(Nc3cc(C(=O)NC(=O)I)ccc3C)c2c1C. The Hall–Kier alpha value is -2.22. The molecule has 0 saturated carbocycles. The van der Waals surface area contributed by atoms with Gasteiger partial charge in [0.15, 0.2) is 5.82 Å². The fraction of sp³-hybridized carbons (Fsp3) is 0.111. The van der Waals surface area contributed by atoms with Gasteiger partial charge in [-0.3, -0.25) is 19.7 Å². The highest BCUT2D eigenvalue weighted by atomic mass is 127. The number of hydrogen-bond donors (Lipinski definition) is 2. The van der Waals surface area contributed by atoms with Gasteiger partial charge in [0.2, 0.25) is 3.79 Å². The van der Waals surface area contributed by atoms with Gasteiger partial charge >= 0.3 is 0 Å². The van der Waals surface area contributed by atoms with Gasteiger partial charge in [-0.2, -0.15) is 5.10 Å². The van der Waals surface area contributed by atoms with Gasteiger partial charge in [-0.15, -0.1) is 0 Å². The van der Waals surface area contributed by atoms with Gasteiger partial charge in [0.1, 0.15) is 11.8 Å². The molecule has 0 saturated heterocycles.